The lowest BCUT2D eigenvalue weighted by Crippen LogP contribution is -2.26. The molecule has 0 radical (unpaired) electrons. The molecule has 2 fully saturated rings. The molecule has 1 saturated heterocycles. The van der Waals surface area contributed by atoms with E-state index in [1.165, 1.54) is 24.0 Å². The molecular formula is C27H33NO2. The number of terminal acetylenes is 1. The molecule has 0 unspecified atom stereocenters. The van der Waals surface area contributed by atoms with E-state index in [0.717, 1.165) is 50.4 Å². The van der Waals surface area contributed by atoms with E-state index >= 15 is 0 Å². The average molecular weight is 404 g/mol. The van der Waals surface area contributed by atoms with Crippen LogP contribution in [0, 0.1) is 17.8 Å². The number of likely N-dealkylation sites (tertiary alicyclic amines) is 1. The van der Waals surface area contributed by atoms with Crippen LogP contribution in [-0.2, 0) is 6.54 Å². The second-order valence-corrected chi connectivity index (χ2v) is 9.18. The Morgan fingerprint density at radius 3 is 2.57 bits per heavy atom. The number of methoxy groups -OCH3 is 1. The summed E-state index contributed by atoms with van der Waals surface area (Å²) >= 11 is 0. The fraction of sp³-hybridized carbons (Fsp3) is 0.481. The number of nitrogens with zero attached hydrogens (tertiary/aromatic N) is 1. The van der Waals surface area contributed by atoms with Gasteiger partial charge in [0.05, 0.1) is 13.2 Å². The standard InChI is InChI=1S/C27H33NO2/c1-4-16-27(2)20-28(18-21-10-6-5-7-11-21)19-24(27)22-14-15-25(29-3)26(17-22)30-23-12-8-9-13-23/h1,5-7,10-11,14-15,17,23-24H,8-9,12-13,16,18-20H2,2-3H3/t24-,27+/m0/s1. The summed E-state index contributed by atoms with van der Waals surface area (Å²) in [5.41, 5.74) is 2.70. The van der Waals surface area contributed by atoms with Gasteiger partial charge in [-0.15, -0.1) is 12.3 Å². The minimum Gasteiger partial charge on any atom is -0.493 e. The van der Waals surface area contributed by atoms with Gasteiger partial charge in [0.25, 0.3) is 0 Å². The van der Waals surface area contributed by atoms with Gasteiger partial charge in [-0.25, -0.2) is 0 Å². The molecule has 2 atom stereocenters. The average Bonchev–Trinajstić information content (AvgIpc) is 3.36. The quantitative estimate of drug-likeness (QED) is 0.558. The minimum atomic E-state index is 0.0444. The highest BCUT2D eigenvalue weighted by molar-refractivity contribution is 5.45. The third-order valence-electron chi connectivity index (χ3n) is 6.81. The normalized spacial score (nSPS) is 24.6. The van der Waals surface area contributed by atoms with Crippen LogP contribution >= 0.6 is 0 Å². The smallest absolute Gasteiger partial charge is 0.161 e. The van der Waals surface area contributed by atoms with E-state index in [0.29, 0.717) is 12.0 Å². The first-order valence-electron chi connectivity index (χ1n) is 11.2. The Bertz CT molecular complexity index is 881. The van der Waals surface area contributed by atoms with Gasteiger partial charge < -0.3 is 9.47 Å². The molecule has 3 nitrogen and oxygen atoms in total. The Morgan fingerprint density at radius 2 is 1.87 bits per heavy atom. The second-order valence-electron chi connectivity index (χ2n) is 9.18. The van der Waals surface area contributed by atoms with Gasteiger partial charge in [-0.3, -0.25) is 4.90 Å². The summed E-state index contributed by atoms with van der Waals surface area (Å²) in [5.74, 6) is 5.02. The monoisotopic (exact) mass is 403 g/mol. The number of hydrogen-bond donors (Lipinski definition) is 0. The molecule has 30 heavy (non-hydrogen) atoms. The Morgan fingerprint density at radius 1 is 1.10 bits per heavy atom. The molecule has 158 valence electrons. The molecule has 4 rings (SSSR count). The molecule has 2 aromatic carbocycles. The number of ether oxygens (including phenoxy) is 2. The van der Waals surface area contributed by atoms with Crippen molar-refractivity contribution in [3.8, 4) is 23.8 Å². The van der Waals surface area contributed by atoms with Crippen molar-refractivity contribution in [2.24, 2.45) is 5.41 Å². The van der Waals surface area contributed by atoms with Gasteiger partial charge in [0, 0.05) is 32.0 Å². The molecule has 1 heterocycles. The summed E-state index contributed by atoms with van der Waals surface area (Å²) in [6, 6.07) is 17.2. The van der Waals surface area contributed by atoms with Gasteiger partial charge in [0.1, 0.15) is 0 Å². The number of hydrogen-bond acceptors (Lipinski definition) is 3. The zero-order valence-corrected chi connectivity index (χ0v) is 18.3. The van der Waals surface area contributed by atoms with Crippen molar-refractivity contribution in [3.63, 3.8) is 0 Å². The van der Waals surface area contributed by atoms with Gasteiger partial charge in [0.15, 0.2) is 11.5 Å². The number of rotatable bonds is 7. The van der Waals surface area contributed by atoms with E-state index < -0.39 is 0 Å². The predicted octanol–water partition coefficient (Wildman–Crippen LogP) is 5.65. The summed E-state index contributed by atoms with van der Waals surface area (Å²) in [6.07, 6.45) is 11.7. The lowest BCUT2D eigenvalue weighted by Gasteiger charge is -2.29. The summed E-state index contributed by atoms with van der Waals surface area (Å²) in [6.45, 7) is 5.30. The molecule has 0 aromatic heterocycles. The first-order chi connectivity index (χ1) is 14.6. The molecule has 2 aliphatic rings. The highest BCUT2D eigenvalue weighted by Gasteiger charge is 2.43. The summed E-state index contributed by atoms with van der Waals surface area (Å²) in [5, 5.41) is 0. The van der Waals surface area contributed by atoms with Crippen molar-refractivity contribution >= 4 is 0 Å². The molecule has 1 saturated carbocycles. The largest absolute Gasteiger partial charge is 0.493 e. The SMILES string of the molecule is C#CC[C@]1(C)CN(Cc2ccccc2)C[C@H]1c1ccc(OC)c(OC2CCCC2)c1. The van der Waals surface area contributed by atoms with E-state index in [4.69, 9.17) is 15.9 Å². The predicted molar refractivity (Wildman–Crippen MR) is 122 cm³/mol. The maximum Gasteiger partial charge on any atom is 0.161 e. The van der Waals surface area contributed by atoms with Crippen molar-refractivity contribution in [3.05, 3.63) is 59.7 Å². The first-order valence-corrected chi connectivity index (χ1v) is 11.2. The highest BCUT2D eigenvalue weighted by atomic mass is 16.5. The Balaban J connectivity index is 1.59. The van der Waals surface area contributed by atoms with Gasteiger partial charge in [-0.1, -0.05) is 43.3 Å². The third kappa shape index (κ3) is 4.50. The van der Waals surface area contributed by atoms with Crippen LogP contribution in [0.3, 0.4) is 0 Å². The van der Waals surface area contributed by atoms with Crippen LogP contribution in [0.2, 0.25) is 0 Å². The molecule has 3 heteroatoms. The zero-order chi connectivity index (χ0) is 21.0. The van der Waals surface area contributed by atoms with Crippen molar-refractivity contribution in [2.45, 2.75) is 57.6 Å². The molecule has 0 bridgehead atoms. The van der Waals surface area contributed by atoms with E-state index in [9.17, 15) is 0 Å². The van der Waals surface area contributed by atoms with Crippen molar-refractivity contribution < 1.29 is 9.47 Å². The molecule has 0 N–H and O–H groups in total. The van der Waals surface area contributed by atoms with Crippen LogP contribution < -0.4 is 9.47 Å². The number of benzene rings is 2. The van der Waals surface area contributed by atoms with Gasteiger partial charge in [-0.2, -0.15) is 0 Å². The van der Waals surface area contributed by atoms with Crippen molar-refractivity contribution in [1.29, 1.82) is 0 Å². The molecule has 2 aromatic rings. The van der Waals surface area contributed by atoms with E-state index in [1.54, 1.807) is 7.11 Å². The van der Waals surface area contributed by atoms with Crippen LogP contribution in [0.1, 0.15) is 56.1 Å². The van der Waals surface area contributed by atoms with Crippen LogP contribution in [0.15, 0.2) is 48.5 Å². The first kappa shape index (κ1) is 20.8. The van der Waals surface area contributed by atoms with Crippen LogP contribution in [0.4, 0.5) is 0 Å². The maximum atomic E-state index is 6.37. The maximum absolute atomic E-state index is 6.37. The second kappa shape index (κ2) is 9.14. The lowest BCUT2D eigenvalue weighted by molar-refractivity contribution is 0.200. The minimum absolute atomic E-state index is 0.0444. The molecule has 1 aliphatic carbocycles. The summed E-state index contributed by atoms with van der Waals surface area (Å²) < 4.78 is 12.0. The van der Waals surface area contributed by atoms with Crippen LogP contribution in [0.5, 0.6) is 11.5 Å². The summed E-state index contributed by atoms with van der Waals surface area (Å²) in [7, 11) is 1.72. The Hall–Kier alpha value is -2.44. The van der Waals surface area contributed by atoms with Gasteiger partial charge in [-0.05, 0) is 54.4 Å². The fourth-order valence-electron chi connectivity index (χ4n) is 5.23. The zero-order valence-electron chi connectivity index (χ0n) is 18.3. The summed E-state index contributed by atoms with van der Waals surface area (Å²) in [4.78, 5) is 2.54. The highest BCUT2D eigenvalue weighted by Crippen LogP contribution is 2.47. The lowest BCUT2D eigenvalue weighted by atomic mass is 9.74. The van der Waals surface area contributed by atoms with Crippen LogP contribution in [-0.4, -0.2) is 31.2 Å². The van der Waals surface area contributed by atoms with E-state index in [1.807, 2.05) is 0 Å². The molecule has 0 amide bonds. The molecule has 1 aliphatic heterocycles. The van der Waals surface area contributed by atoms with Crippen molar-refractivity contribution in [2.75, 3.05) is 20.2 Å². The molecule has 0 spiro atoms. The Labute approximate surface area is 181 Å². The van der Waals surface area contributed by atoms with E-state index in [-0.39, 0.29) is 5.41 Å². The third-order valence-corrected chi connectivity index (χ3v) is 6.81. The van der Waals surface area contributed by atoms with Crippen molar-refractivity contribution in [1.82, 2.24) is 4.90 Å². The Kier molecular flexibility index (Phi) is 6.35. The van der Waals surface area contributed by atoms with Crippen LogP contribution in [0.25, 0.3) is 0 Å². The molecular weight excluding hydrogens is 370 g/mol. The van der Waals surface area contributed by atoms with Gasteiger partial charge >= 0.3 is 0 Å². The van der Waals surface area contributed by atoms with Gasteiger partial charge in [0.2, 0.25) is 0 Å². The fourth-order valence-corrected chi connectivity index (χ4v) is 5.23. The topological polar surface area (TPSA) is 21.7 Å². The van der Waals surface area contributed by atoms with E-state index in [2.05, 4.69) is 66.3 Å².